The van der Waals surface area contributed by atoms with E-state index >= 15 is 0 Å². The summed E-state index contributed by atoms with van der Waals surface area (Å²) in [6.45, 7) is 17.3. The number of carbonyl (C=O) groups is 6. The molecule has 0 radical (unpaired) electrons. The lowest BCUT2D eigenvalue weighted by atomic mass is 9.47. The third kappa shape index (κ3) is 9.28. The maximum absolute atomic E-state index is 14.4. The molecule has 8 bridgehead atoms. The van der Waals surface area contributed by atoms with E-state index < -0.39 is 94.4 Å². The molecule has 1 N–H and O–H groups in total. The molecule has 0 amide bonds. The number of carboxylic acids is 1. The van der Waals surface area contributed by atoms with Crippen LogP contribution in [0.25, 0.3) is 0 Å². The van der Waals surface area contributed by atoms with E-state index in [-0.39, 0.29) is 50.1 Å². The maximum atomic E-state index is 14.4. The second-order valence-electron chi connectivity index (χ2n) is 19.0. The minimum Gasteiger partial charge on any atom is -0.481 e. The standard InChI is InChI=1S/C45H66O14/c1-26-12-14-33-43(4)17-11-18-44(33,5)30(26)22-56-36(28(20-34(46)47)38(49)54-8)40(51)58-24-42(3)16-10-19-45(6)31(27(2)13-15-32(42)45)23-57-37(41(52)59-25-43)29(39(50)55-9)21-35(48)53-7/h28-33,36-37H,1-2,10-25H2,3-9H3,(H,46,47). The fourth-order valence-electron chi connectivity index (χ4n) is 12.2. The summed E-state index contributed by atoms with van der Waals surface area (Å²) in [4.78, 5) is 80.1. The van der Waals surface area contributed by atoms with Gasteiger partial charge in [-0.1, -0.05) is 64.8 Å². The summed E-state index contributed by atoms with van der Waals surface area (Å²) < 4.78 is 40.4. The predicted molar refractivity (Wildman–Crippen MR) is 212 cm³/mol. The van der Waals surface area contributed by atoms with Crippen LogP contribution in [-0.4, -0.2) is 101 Å². The molecular formula is C45H66O14. The highest BCUT2D eigenvalue weighted by Crippen LogP contribution is 2.63. The smallest absolute Gasteiger partial charge is 0.336 e. The van der Waals surface area contributed by atoms with Gasteiger partial charge in [0, 0.05) is 22.7 Å². The minimum atomic E-state index is -1.55. The Hall–Kier alpha value is -3.78. The molecule has 0 aromatic rings. The molecule has 330 valence electrons. The third-order valence-corrected chi connectivity index (χ3v) is 15.5. The molecule has 5 rings (SSSR count). The Labute approximate surface area is 348 Å². The first-order valence-corrected chi connectivity index (χ1v) is 21.1. The van der Waals surface area contributed by atoms with Crippen LogP contribution >= 0.6 is 0 Å². The van der Waals surface area contributed by atoms with Crippen molar-refractivity contribution in [2.75, 3.05) is 47.8 Å². The fraction of sp³-hybridized carbons (Fsp3) is 0.778. The van der Waals surface area contributed by atoms with Crippen molar-refractivity contribution in [1.82, 2.24) is 0 Å². The zero-order chi connectivity index (χ0) is 43.5. The number of esters is 5. The molecular weight excluding hydrogens is 764 g/mol. The summed E-state index contributed by atoms with van der Waals surface area (Å²) in [6, 6.07) is 0. The van der Waals surface area contributed by atoms with Crippen molar-refractivity contribution >= 4 is 35.8 Å². The predicted octanol–water partition coefficient (Wildman–Crippen LogP) is 6.03. The van der Waals surface area contributed by atoms with Crippen LogP contribution in [0.15, 0.2) is 24.3 Å². The average Bonchev–Trinajstić information content (AvgIpc) is 3.18. The molecule has 5 fully saturated rings. The summed E-state index contributed by atoms with van der Waals surface area (Å²) in [7, 11) is 3.55. The first-order valence-electron chi connectivity index (χ1n) is 21.1. The van der Waals surface area contributed by atoms with Crippen molar-refractivity contribution < 1.29 is 67.0 Å². The lowest BCUT2D eigenvalue weighted by molar-refractivity contribution is -0.189. The summed E-state index contributed by atoms with van der Waals surface area (Å²) in [5.41, 5.74) is -0.164. The van der Waals surface area contributed by atoms with E-state index in [4.69, 9.17) is 33.2 Å². The average molecular weight is 831 g/mol. The normalized spacial score (nSPS) is 38.0. The second-order valence-corrected chi connectivity index (χ2v) is 19.0. The Bertz CT molecular complexity index is 1660. The second kappa shape index (κ2) is 18.5. The van der Waals surface area contributed by atoms with Gasteiger partial charge in [0.05, 0.1) is 60.6 Å². The molecule has 1 saturated heterocycles. The van der Waals surface area contributed by atoms with E-state index in [2.05, 4.69) is 40.9 Å². The Balaban J connectivity index is 1.60. The van der Waals surface area contributed by atoms with Crippen molar-refractivity contribution in [2.24, 2.45) is 57.2 Å². The van der Waals surface area contributed by atoms with E-state index in [1.807, 2.05) is 0 Å². The van der Waals surface area contributed by atoms with Crippen molar-refractivity contribution in [2.45, 2.75) is 117 Å². The van der Waals surface area contributed by atoms with Crippen molar-refractivity contribution in [3.63, 3.8) is 0 Å². The number of hydrogen-bond donors (Lipinski definition) is 1. The fourth-order valence-corrected chi connectivity index (χ4v) is 12.2. The number of rotatable bonds is 8. The van der Waals surface area contributed by atoms with E-state index in [1.165, 1.54) is 14.2 Å². The number of carboxylic acid groups (broad SMARTS) is 1. The Morgan fingerprint density at radius 2 is 1.08 bits per heavy atom. The highest BCUT2D eigenvalue weighted by Gasteiger charge is 2.58. The molecule has 12 unspecified atom stereocenters. The van der Waals surface area contributed by atoms with E-state index in [1.54, 1.807) is 0 Å². The number of aliphatic carboxylic acids is 1. The molecule has 0 spiro atoms. The molecule has 5 aliphatic rings. The molecule has 14 nitrogen and oxygen atoms in total. The lowest BCUT2D eigenvalue weighted by Crippen LogP contribution is -2.55. The number of carbonyl (C=O) groups excluding carboxylic acids is 5. The topological polar surface area (TPSA) is 187 Å². The van der Waals surface area contributed by atoms with Crippen LogP contribution in [-0.2, 0) is 61.9 Å². The van der Waals surface area contributed by atoms with Crippen LogP contribution in [0.2, 0.25) is 0 Å². The summed E-state index contributed by atoms with van der Waals surface area (Å²) in [5.74, 6) is -8.68. The van der Waals surface area contributed by atoms with Gasteiger partial charge in [-0.25, -0.2) is 9.59 Å². The van der Waals surface area contributed by atoms with E-state index in [9.17, 15) is 33.9 Å². The molecule has 4 aliphatic carbocycles. The highest BCUT2D eigenvalue weighted by atomic mass is 16.6. The minimum absolute atomic E-state index is 0.00377. The van der Waals surface area contributed by atoms with Gasteiger partial charge in [0.2, 0.25) is 0 Å². The molecule has 4 saturated carbocycles. The monoisotopic (exact) mass is 830 g/mol. The molecule has 0 aromatic carbocycles. The van der Waals surface area contributed by atoms with Crippen LogP contribution in [0.5, 0.6) is 0 Å². The highest BCUT2D eigenvalue weighted by molar-refractivity contribution is 5.88. The summed E-state index contributed by atoms with van der Waals surface area (Å²) >= 11 is 0. The van der Waals surface area contributed by atoms with Gasteiger partial charge in [-0.3, -0.25) is 19.2 Å². The summed E-state index contributed by atoms with van der Waals surface area (Å²) in [6.07, 6.45) is 3.12. The number of ether oxygens (including phenoxy) is 7. The SMILES string of the molecule is C=C1CCC2C3(C)CCCC2(C)C1COC(C(CC(=O)O)C(=O)OC)C(=O)OCC1(C)CCCC2(C)C(COC(C(CC(=O)OC)C(=O)OC)C(=O)OC3)C(=C)CCC12. The number of hydrogen-bond acceptors (Lipinski definition) is 13. The molecule has 12 atom stereocenters. The Kier molecular flexibility index (Phi) is 14.5. The van der Waals surface area contributed by atoms with E-state index in [0.717, 1.165) is 69.6 Å². The zero-order valence-corrected chi connectivity index (χ0v) is 36.1. The van der Waals surface area contributed by atoms with Crippen molar-refractivity contribution in [3.8, 4) is 0 Å². The van der Waals surface area contributed by atoms with Gasteiger partial charge in [0.25, 0.3) is 0 Å². The van der Waals surface area contributed by atoms with Crippen molar-refractivity contribution in [1.29, 1.82) is 0 Å². The van der Waals surface area contributed by atoms with Crippen molar-refractivity contribution in [3.05, 3.63) is 24.3 Å². The largest absolute Gasteiger partial charge is 0.481 e. The first-order chi connectivity index (χ1) is 27.8. The summed E-state index contributed by atoms with van der Waals surface area (Å²) in [5, 5.41) is 9.88. The van der Waals surface area contributed by atoms with Crippen LogP contribution < -0.4 is 0 Å². The van der Waals surface area contributed by atoms with Gasteiger partial charge >= 0.3 is 35.8 Å². The lowest BCUT2D eigenvalue weighted by Gasteiger charge is -2.58. The van der Waals surface area contributed by atoms with Gasteiger partial charge in [-0.2, -0.15) is 0 Å². The van der Waals surface area contributed by atoms with Crippen LogP contribution in [0, 0.1) is 57.2 Å². The molecule has 1 heterocycles. The van der Waals surface area contributed by atoms with Gasteiger partial charge in [-0.05, 0) is 74.0 Å². The van der Waals surface area contributed by atoms with Gasteiger partial charge in [0.15, 0.2) is 12.2 Å². The number of cyclic esters (lactones) is 2. The molecule has 14 heteroatoms. The first kappa shape index (κ1) is 46.3. The van der Waals surface area contributed by atoms with Crippen LogP contribution in [0.1, 0.15) is 105 Å². The molecule has 59 heavy (non-hydrogen) atoms. The van der Waals surface area contributed by atoms with Crippen LogP contribution in [0.3, 0.4) is 0 Å². The quantitative estimate of drug-likeness (QED) is 0.170. The van der Waals surface area contributed by atoms with Crippen LogP contribution in [0.4, 0.5) is 0 Å². The van der Waals surface area contributed by atoms with Gasteiger partial charge < -0.3 is 38.3 Å². The Morgan fingerprint density at radius 1 is 0.678 bits per heavy atom. The zero-order valence-electron chi connectivity index (χ0n) is 36.1. The van der Waals surface area contributed by atoms with Gasteiger partial charge in [0.1, 0.15) is 11.8 Å². The van der Waals surface area contributed by atoms with E-state index in [0.29, 0.717) is 12.8 Å². The maximum Gasteiger partial charge on any atom is 0.336 e. The number of methoxy groups -OCH3 is 3. The molecule has 0 aromatic heterocycles. The molecule has 1 aliphatic heterocycles. The third-order valence-electron chi connectivity index (χ3n) is 15.5. The Morgan fingerprint density at radius 3 is 1.46 bits per heavy atom. The van der Waals surface area contributed by atoms with Gasteiger partial charge in [-0.15, -0.1) is 0 Å².